The van der Waals surface area contributed by atoms with Gasteiger partial charge in [0.05, 0.1) is 24.9 Å². The third-order valence-electron chi connectivity index (χ3n) is 4.42. The van der Waals surface area contributed by atoms with Gasteiger partial charge in [-0.2, -0.15) is 5.06 Å². The fourth-order valence-electron chi connectivity index (χ4n) is 3.21. The number of hydrogen-bond donors (Lipinski definition) is 2. The number of hydrogen-bond acceptors (Lipinski definition) is 4. The van der Waals surface area contributed by atoms with Gasteiger partial charge in [-0.15, -0.1) is 0 Å². The average molecular weight is 304 g/mol. The zero-order valence-electron chi connectivity index (χ0n) is 12.6. The molecule has 2 N–H and O–H groups in total. The van der Waals surface area contributed by atoms with Crippen LogP contribution >= 0.6 is 0 Å². The summed E-state index contributed by atoms with van der Waals surface area (Å²) in [4.78, 5) is -0.0567. The molecule has 7 nitrogen and oxygen atoms in total. The molecule has 3 rings (SSSR count). The van der Waals surface area contributed by atoms with Crippen molar-refractivity contribution in [1.29, 1.82) is 0 Å². The van der Waals surface area contributed by atoms with E-state index in [1.807, 2.05) is 59.9 Å². The molecule has 0 amide bonds. The first-order valence-corrected chi connectivity index (χ1v) is 7.19. The maximum atomic E-state index is 11.4. The van der Waals surface area contributed by atoms with E-state index in [0.717, 1.165) is 11.4 Å². The van der Waals surface area contributed by atoms with Gasteiger partial charge in [0, 0.05) is 42.8 Å². The third kappa shape index (κ3) is 2.38. The summed E-state index contributed by atoms with van der Waals surface area (Å²) in [7, 11) is 3.78. The van der Waals surface area contributed by atoms with Crippen LogP contribution in [0.15, 0.2) is 36.7 Å². The molecule has 2 atom stereocenters. The Morgan fingerprint density at radius 3 is 1.82 bits per heavy atom. The van der Waals surface area contributed by atoms with Crippen molar-refractivity contribution in [2.75, 3.05) is 0 Å². The van der Waals surface area contributed by atoms with Crippen LogP contribution in [-0.4, -0.2) is 35.2 Å². The Bertz CT molecular complexity index is 647. The highest BCUT2D eigenvalue weighted by Gasteiger charge is 2.40. The number of aromatic nitrogens is 2. The lowest BCUT2D eigenvalue weighted by atomic mass is 9.92. The number of aryl methyl sites for hydroxylation is 2. The van der Waals surface area contributed by atoms with E-state index in [4.69, 9.17) is 0 Å². The highest BCUT2D eigenvalue weighted by atomic mass is 16.8. The fourth-order valence-corrected chi connectivity index (χ4v) is 3.21. The standard InChI is InChI=1S/C15H20N4O3/c1-16-7-3-5-12(16)14-9-11(19(21)22)10-15(18(14)20)13-6-4-8-17(13)2/h3-8,14-15,20H,9-10H2,1-2H3,(H,21,22)/t14-,15-/m0/s1. The Morgan fingerprint density at radius 1 is 1.05 bits per heavy atom. The molecule has 2 aromatic rings. The van der Waals surface area contributed by atoms with E-state index in [-0.39, 0.29) is 29.8 Å². The molecule has 0 aromatic carbocycles. The molecular weight excluding hydrogens is 284 g/mol. The Kier molecular flexibility index (Phi) is 3.67. The molecule has 3 heterocycles. The molecule has 0 saturated carbocycles. The molecule has 118 valence electrons. The summed E-state index contributed by atoms with van der Waals surface area (Å²) in [6.07, 6.45) is 4.36. The normalized spacial score (nSPS) is 23.0. The first-order chi connectivity index (χ1) is 10.5. The van der Waals surface area contributed by atoms with Crippen molar-refractivity contribution in [1.82, 2.24) is 14.2 Å². The lowest BCUT2D eigenvalue weighted by Gasteiger charge is -2.36. The van der Waals surface area contributed by atoms with Gasteiger partial charge >= 0.3 is 0 Å². The Morgan fingerprint density at radius 2 is 1.50 bits per heavy atom. The largest absolute Gasteiger partial charge is 0.418 e. The molecule has 1 aliphatic rings. The highest BCUT2D eigenvalue weighted by molar-refractivity contribution is 5.82. The van der Waals surface area contributed by atoms with Crippen molar-refractivity contribution in [3.05, 3.63) is 53.3 Å². The van der Waals surface area contributed by atoms with Gasteiger partial charge in [0.15, 0.2) is 0 Å². The van der Waals surface area contributed by atoms with Crippen molar-refractivity contribution in [2.24, 2.45) is 14.1 Å². The van der Waals surface area contributed by atoms with E-state index in [2.05, 4.69) is 0 Å². The van der Waals surface area contributed by atoms with Gasteiger partial charge in [0.25, 0.3) is 0 Å². The maximum Gasteiger partial charge on any atom is 0.225 e. The number of nitrogens with zero attached hydrogens (tertiary/aromatic N) is 4. The second-order valence-electron chi connectivity index (χ2n) is 5.75. The van der Waals surface area contributed by atoms with Crippen LogP contribution < -0.4 is 0 Å². The summed E-state index contributed by atoms with van der Waals surface area (Å²) >= 11 is 0. The van der Waals surface area contributed by atoms with Gasteiger partial charge in [-0.1, -0.05) is 0 Å². The number of piperidine rings is 1. The maximum absolute atomic E-state index is 11.4. The van der Waals surface area contributed by atoms with Crippen LogP contribution in [0.1, 0.15) is 36.3 Å². The van der Waals surface area contributed by atoms with Crippen LogP contribution in [0.4, 0.5) is 0 Å². The van der Waals surface area contributed by atoms with Crippen LogP contribution in [0, 0.1) is 5.21 Å². The van der Waals surface area contributed by atoms with Crippen LogP contribution in [-0.2, 0) is 14.1 Å². The van der Waals surface area contributed by atoms with Gasteiger partial charge in [-0.25, -0.2) is 0 Å². The summed E-state index contributed by atoms with van der Waals surface area (Å²) in [5.74, 6) is 0. The summed E-state index contributed by atoms with van der Waals surface area (Å²) in [6.45, 7) is 0. The third-order valence-corrected chi connectivity index (χ3v) is 4.42. The molecule has 7 heteroatoms. The first kappa shape index (κ1) is 14.7. The lowest BCUT2D eigenvalue weighted by Crippen LogP contribution is -2.40. The Hall–Kier alpha value is -2.25. The van der Waals surface area contributed by atoms with Crippen molar-refractivity contribution < 1.29 is 15.3 Å². The lowest BCUT2D eigenvalue weighted by molar-refractivity contribution is -0.728. The predicted molar refractivity (Wildman–Crippen MR) is 79.6 cm³/mol. The summed E-state index contributed by atoms with van der Waals surface area (Å²) < 4.78 is 3.82. The summed E-state index contributed by atoms with van der Waals surface area (Å²) in [6, 6.07) is 6.84. The molecule has 1 saturated heterocycles. The zero-order valence-corrected chi connectivity index (χ0v) is 12.6. The summed E-state index contributed by atoms with van der Waals surface area (Å²) in [5.41, 5.74) is 2.14. The molecule has 0 aliphatic carbocycles. The van der Waals surface area contributed by atoms with Gasteiger partial charge < -0.3 is 19.5 Å². The average Bonchev–Trinajstić information content (AvgIpc) is 3.08. The molecule has 0 spiro atoms. The van der Waals surface area contributed by atoms with Crippen LogP contribution in [0.3, 0.4) is 0 Å². The smallest absolute Gasteiger partial charge is 0.225 e. The van der Waals surface area contributed by atoms with E-state index in [1.54, 1.807) is 0 Å². The predicted octanol–water partition coefficient (Wildman–Crippen LogP) is 1.97. The van der Waals surface area contributed by atoms with E-state index in [9.17, 15) is 15.6 Å². The minimum Gasteiger partial charge on any atom is -0.418 e. The second kappa shape index (κ2) is 5.51. The summed E-state index contributed by atoms with van der Waals surface area (Å²) in [5, 5.41) is 32.8. The quantitative estimate of drug-likeness (QED) is 0.505. The minimum atomic E-state index is -0.382. The van der Waals surface area contributed by atoms with Crippen molar-refractivity contribution in [2.45, 2.75) is 24.9 Å². The van der Waals surface area contributed by atoms with E-state index in [1.165, 1.54) is 5.06 Å². The SMILES string of the molecule is Cn1cccc1[C@@H]1CC(=[N+]([O-])O)C[C@@H](c2cccn2C)N1O. The highest BCUT2D eigenvalue weighted by Crippen LogP contribution is 2.38. The van der Waals surface area contributed by atoms with Crippen molar-refractivity contribution in [3.63, 3.8) is 0 Å². The van der Waals surface area contributed by atoms with Gasteiger partial charge in [0.2, 0.25) is 5.71 Å². The fraction of sp³-hybridized carbons (Fsp3) is 0.400. The molecule has 0 bridgehead atoms. The topological polar surface area (TPSA) is 79.6 Å². The van der Waals surface area contributed by atoms with E-state index < -0.39 is 0 Å². The van der Waals surface area contributed by atoms with Crippen LogP contribution in [0.5, 0.6) is 0 Å². The molecule has 0 radical (unpaired) electrons. The van der Waals surface area contributed by atoms with Gasteiger partial charge in [-0.05, 0) is 24.3 Å². The zero-order chi connectivity index (χ0) is 15.9. The Balaban J connectivity index is 2.03. The van der Waals surface area contributed by atoms with Crippen LogP contribution in [0.25, 0.3) is 0 Å². The molecule has 1 fully saturated rings. The van der Waals surface area contributed by atoms with Gasteiger partial charge in [0.1, 0.15) is 0 Å². The van der Waals surface area contributed by atoms with Crippen molar-refractivity contribution in [3.8, 4) is 0 Å². The molecular formula is C15H20N4O3. The van der Waals surface area contributed by atoms with E-state index >= 15 is 0 Å². The second-order valence-corrected chi connectivity index (χ2v) is 5.75. The molecule has 1 aliphatic heterocycles. The molecule has 0 unspecified atom stereocenters. The molecule has 22 heavy (non-hydrogen) atoms. The van der Waals surface area contributed by atoms with E-state index in [0.29, 0.717) is 5.71 Å². The Labute approximate surface area is 128 Å². The van der Waals surface area contributed by atoms with Crippen LogP contribution in [0.2, 0.25) is 0 Å². The minimum absolute atomic E-state index is 0.0567. The molecule has 2 aromatic heterocycles. The van der Waals surface area contributed by atoms with Gasteiger partial charge in [-0.3, -0.25) is 5.21 Å². The number of hydroxylamine groups is 2. The monoisotopic (exact) mass is 304 g/mol. The number of rotatable bonds is 2. The van der Waals surface area contributed by atoms with Crippen molar-refractivity contribution >= 4 is 5.71 Å². The first-order valence-electron chi connectivity index (χ1n) is 7.19.